The van der Waals surface area contributed by atoms with E-state index in [4.69, 9.17) is 5.11 Å². The number of hydrogen-bond acceptors (Lipinski definition) is 2. The number of rotatable bonds is 5. The molecule has 0 aromatic rings. The van der Waals surface area contributed by atoms with Crippen LogP contribution in [0.3, 0.4) is 0 Å². The highest BCUT2D eigenvalue weighted by Crippen LogP contribution is 2.39. The zero-order valence-electron chi connectivity index (χ0n) is 14.1. The zero-order valence-corrected chi connectivity index (χ0v) is 14.1. The van der Waals surface area contributed by atoms with Crippen molar-refractivity contribution in [2.24, 2.45) is 29.1 Å². The third-order valence-electron chi connectivity index (χ3n) is 4.94. The summed E-state index contributed by atoms with van der Waals surface area (Å²) in [5.74, 6) is -0.524. The second-order valence-electron chi connectivity index (χ2n) is 7.85. The van der Waals surface area contributed by atoms with E-state index < -0.39 is 11.9 Å². The van der Waals surface area contributed by atoms with Gasteiger partial charge in [0.15, 0.2) is 0 Å². The van der Waals surface area contributed by atoms with Crippen molar-refractivity contribution < 1.29 is 14.7 Å². The van der Waals surface area contributed by atoms with E-state index >= 15 is 0 Å². The van der Waals surface area contributed by atoms with Gasteiger partial charge in [-0.2, -0.15) is 0 Å². The van der Waals surface area contributed by atoms with Gasteiger partial charge in [0.25, 0.3) is 0 Å². The molecule has 0 saturated heterocycles. The van der Waals surface area contributed by atoms with E-state index in [-0.39, 0.29) is 24.3 Å². The quantitative estimate of drug-likeness (QED) is 0.818. The van der Waals surface area contributed by atoms with Gasteiger partial charge in [-0.1, -0.05) is 34.6 Å². The molecule has 0 aliphatic heterocycles. The average molecular weight is 297 g/mol. The molecule has 0 spiro atoms. The lowest BCUT2D eigenvalue weighted by molar-refractivity contribution is -0.143. The van der Waals surface area contributed by atoms with Gasteiger partial charge in [-0.15, -0.1) is 0 Å². The molecule has 0 bridgehead atoms. The van der Waals surface area contributed by atoms with Gasteiger partial charge < -0.3 is 10.4 Å². The number of aliphatic carboxylic acids is 1. The van der Waals surface area contributed by atoms with Crippen molar-refractivity contribution in [2.75, 3.05) is 6.54 Å². The van der Waals surface area contributed by atoms with E-state index in [9.17, 15) is 9.59 Å². The molecule has 1 rings (SSSR count). The first-order chi connectivity index (χ1) is 9.62. The minimum Gasteiger partial charge on any atom is -0.481 e. The lowest BCUT2D eigenvalue weighted by Crippen LogP contribution is -2.40. The fourth-order valence-corrected chi connectivity index (χ4v) is 3.18. The van der Waals surface area contributed by atoms with Crippen LogP contribution in [-0.4, -0.2) is 23.5 Å². The molecule has 1 unspecified atom stereocenters. The molecule has 2 N–H and O–H groups in total. The van der Waals surface area contributed by atoms with Crippen LogP contribution in [0.2, 0.25) is 0 Å². The predicted molar refractivity (Wildman–Crippen MR) is 83.9 cm³/mol. The van der Waals surface area contributed by atoms with Crippen LogP contribution in [0.25, 0.3) is 0 Å². The molecule has 1 saturated carbocycles. The van der Waals surface area contributed by atoms with Gasteiger partial charge in [-0.3, -0.25) is 9.59 Å². The molecule has 1 aliphatic carbocycles. The minimum atomic E-state index is -0.832. The van der Waals surface area contributed by atoms with Crippen LogP contribution in [0.4, 0.5) is 0 Å². The Morgan fingerprint density at radius 3 is 2.05 bits per heavy atom. The summed E-state index contributed by atoms with van der Waals surface area (Å²) in [5, 5.41) is 12.0. The number of nitrogens with one attached hydrogen (secondary N) is 1. The Labute approximate surface area is 128 Å². The Morgan fingerprint density at radius 2 is 1.67 bits per heavy atom. The number of carbonyl (C=O) groups is 2. The maximum atomic E-state index is 12.2. The number of amides is 1. The summed E-state index contributed by atoms with van der Waals surface area (Å²) in [6.45, 7) is 10.8. The number of hydrogen-bond donors (Lipinski definition) is 2. The molecule has 1 fully saturated rings. The molecule has 0 aromatic carbocycles. The van der Waals surface area contributed by atoms with E-state index in [0.717, 1.165) is 25.7 Å². The van der Waals surface area contributed by atoms with E-state index in [0.29, 0.717) is 11.3 Å². The molecule has 4 nitrogen and oxygen atoms in total. The molecule has 0 radical (unpaired) electrons. The molecule has 4 heteroatoms. The van der Waals surface area contributed by atoms with Crippen LogP contribution in [0.5, 0.6) is 0 Å². The fraction of sp³-hybridized carbons (Fsp3) is 0.882. The molecule has 1 amide bonds. The zero-order chi connectivity index (χ0) is 16.2. The Balaban J connectivity index is 2.43. The van der Waals surface area contributed by atoms with Gasteiger partial charge >= 0.3 is 5.97 Å². The first-order valence-corrected chi connectivity index (χ1v) is 8.13. The Morgan fingerprint density at radius 1 is 1.14 bits per heavy atom. The third kappa shape index (κ3) is 5.33. The van der Waals surface area contributed by atoms with Crippen LogP contribution >= 0.6 is 0 Å². The topological polar surface area (TPSA) is 66.4 Å². The lowest BCUT2D eigenvalue weighted by Gasteiger charge is -2.36. The fourth-order valence-electron chi connectivity index (χ4n) is 3.18. The van der Waals surface area contributed by atoms with E-state index in [2.05, 4.69) is 26.1 Å². The van der Waals surface area contributed by atoms with Gasteiger partial charge in [0, 0.05) is 12.5 Å². The van der Waals surface area contributed by atoms with Crippen LogP contribution in [-0.2, 0) is 9.59 Å². The van der Waals surface area contributed by atoms with Crippen LogP contribution in [0.15, 0.2) is 0 Å². The number of carbonyl (C=O) groups excluding carboxylic acids is 1. The van der Waals surface area contributed by atoms with Crippen molar-refractivity contribution in [2.45, 2.75) is 60.3 Å². The van der Waals surface area contributed by atoms with E-state index in [1.54, 1.807) is 0 Å². The standard InChI is InChI=1S/C17H31NO3/c1-11(2)14(16(20)21)10-18-15(19)12-6-8-13(9-7-12)17(3,4)5/h11-14H,6-10H2,1-5H3,(H,18,19)(H,20,21). The number of carboxylic acids is 1. The summed E-state index contributed by atoms with van der Waals surface area (Å²) >= 11 is 0. The summed E-state index contributed by atoms with van der Waals surface area (Å²) in [4.78, 5) is 23.3. The summed E-state index contributed by atoms with van der Waals surface area (Å²) in [6.07, 6.45) is 4.03. The normalized spacial score (nSPS) is 24.7. The van der Waals surface area contributed by atoms with Gasteiger partial charge in [-0.25, -0.2) is 0 Å². The van der Waals surface area contributed by atoms with Crippen molar-refractivity contribution in [3.05, 3.63) is 0 Å². The van der Waals surface area contributed by atoms with Crippen LogP contribution in [0.1, 0.15) is 60.3 Å². The minimum absolute atomic E-state index is 0.0272. The molecule has 0 heterocycles. The molecular formula is C17H31NO3. The molecule has 0 aromatic heterocycles. The Bertz CT molecular complexity index is 363. The van der Waals surface area contributed by atoms with E-state index in [1.807, 2.05) is 13.8 Å². The molecular weight excluding hydrogens is 266 g/mol. The van der Waals surface area contributed by atoms with Crippen LogP contribution in [0, 0.1) is 29.1 Å². The van der Waals surface area contributed by atoms with Gasteiger partial charge in [0.05, 0.1) is 5.92 Å². The van der Waals surface area contributed by atoms with Gasteiger partial charge in [-0.05, 0) is 42.9 Å². The van der Waals surface area contributed by atoms with Crippen molar-refractivity contribution in [1.29, 1.82) is 0 Å². The molecule has 1 atom stereocenters. The van der Waals surface area contributed by atoms with E-state index in [1.165, 1.54) is 0 Å². The SMILES string of the molecule is CC(C)C(CNC(=O)C1CCC(C(C)(C)C)CC1)C(=O)O. The van der Waals surface area contributed by atoms with Crippen molar-refractivity contribution in [3.63, 3.8) is 0 Å². The smallest absolute Gasteiger partial charge is 0.308 e. The van der Waals surface area contributed by atoms with Crippen LogP contribution < -0.4 is 5.32 Å². The first-order valence-electron chi connectivity index (χ1n) is 8.13. The summed E-state index contributed by atoms with van der Waals surface area (Å²) in [7, 11) is 0. The second-order valence-corrected chi connectivity index (χ2v) is 7.85. The summed E-state index contributed by atoms with van der Waals surface area (Å²) in [6, 6.07) is 0. The maximum Gasteiger partial charge on any atom is 0.308 e. The molecule has 21 heavy (non-hydrogen) atoms. The van der Waals surface area contributed by atoms with Crippen molar-refractivity contribution in [1.82, 2.24) is 5.32 Å². The summed E-state index contributed by atoms with van der Waals surface area (Å²) < 4.78 is 0. The maximum absolute atomic E-state index is 12.2. The average Bonchev–Trinajstić information content (AvgIpc) is 2.37. The molecule has 122 valence electrons. The largest absolute Gasteiger partial charge is 0.481 e. The predicted octanol–water partition coefficient (Wildman–Crippen LogP) is 3.31. The summed E-state index contributed by atoms with van der Waals surface area (Å²) in [5.41, 5.74) is 0.313. The highest BCUT2D eigenvalue weighted by Gasteiger charge is 2.32. The third-order valence-corrected chi connectivity index (χ3v) is 4.94. The Hall–Kier alpha value is -1.06. The van der Waals surface area contributed by atoms with Gasteiger partial charge in [0.1, 0.15) is 0 Å². The lowest BCUT2D eigenvalue weighted by atomic mass is 9.69. The number of carboxylic acid groups (broad SMARTS) is 1. The molecule has 1 aliphatic rings. The second kappa shape index (κ2) is 7.28. The Kier molecular flexibility index (Phi) is 6.24. The van der Waals surface area contributed by atoms with Gasteiger partial charge in [0.2, 0.25) is 5.91 Å². The van der Waals surface area contributed by atoms with Crippen molar-refractivity contribution in [3.8, 4) is 0 Å². The van der Waals surface area contributed by atoms with Crippen molar-refractivity contribution >= 4 is 11.9 Å². The highest BCUT2D eigenvalue weighted by atomic mass is 16.4. The monoisotopic (exact) mass is 297 g/mol. The first kappa shape index (κ1) is 18.0. The highest BCUT2D eigenvalue weighted by molar-refractivity contribution is 5.79.